The average Bonchev–Trinajstić information content (AvgIpc) is 3.29. The number of thioether (sulfide) groups is 1. The number of carbonyl (C=O) groups is 2. The van der Waals surface area contributed by atoms with Crippen LogP contribution < -0.4 is 5.32 Å². The van der Waals surface area contributed by atoms with Crippen molar-refractivity contribution < 1.29 is 9.59 Å². The van der Waals surface area contributed by atoms with Crippen molar-refractivity contribution in [2.45, 2.75) is 24.9 Å². The molecule has 0 saturated carbocycles. The molecule has 1 saturated heterocycles. The molecule has 0 aliphatic carbocycles. The fraction of sp³-hybridized carbons (Fsp3) is 0.444. The van der Waals surface area contributed by atoms with Crippen LogP contribution in [0.25, 0.3) is 11.4 Å². The predicted octanol–water partition coefficient (Wildman–Crippen LogP) is 1.62. The molecular weight excluding hydrogens is 350 g/mol. The molecule has 0 spiro atoms. The summed E-state index contributed by atoms with van der Waals surface area (Å²) in [6, 6.07) is 8.07. The van der Waals surface area contributed by atoms with Crippen molar-refractivity contribution in [3.63, 3.8) is 0 Å². The van der Waals surface area contributed by atoms with E-state index < -0.39 is 0 Å². The molecule has 3 rings (SSSR count). The zero-order valence-electron chi connectivity index (χ0n) is 15.1. The van der Waals surface area contributed by atoms with Crippen LogP contribution >= 0.6 is 11.8 Å². The second kappa shape index (κ2) is 8.35. The highest BCUT2D eigenvalue weighted by molar-refractivity contribution is 7.99. The van der Waals surface area contributed by atoms with E-state index in [4.69, 9.17) is 0 Å². The molecule has 0 bridgehead atoms. The third-order valence-electron chi connectivity index (χ3n) is 4.37. The largest absolute Gasteiger partial charge is 0.346 e. The van der Waals surface area contributed by atoms with Gasteiger partial charge in [0.05, 0.1) is 12.3 Å². The Morgan fingerprint density at radius 3 is 2.54 bits per heavy atom. The molecule has 1 N–H and O–H groups in total. The van der Waals surface area contributed by atoms with Crippen LogP contribution in [0.4, 0.5) is 0 Å². The van der Waals surface area contributed by atoms with E-state index in [0.717, 1.165) is 37.3 Å². The fourth-order valence-electron chi connectivity index (χ4n) is 2.83. The molecule has 2 aromatic rings. The lowest BCUT2D eigenvalue weighted by molar-refractivity contribution is -0.131. The number of aromatic nitrogens is 3. The van der Waals surface area contributed by atoms with Gasteiger partial charge in [-0.25, -0.2) is 0 Å². The Bertz CT molecular complexity index is 781. The minimum Gasteiger partial charge on any atom is -0.346 e. The molecule has 1 aliphatic rings. The van der Waals surface area contributed by atoms with Crippen molar-refractivity contribution in [1.29, 1.82) is 0 Å². The van der Waals surface area contributed by atoms with Gasteiger partial charge < -0.3 is 14.8 Å². The Kier molecular flexibility index (Phi) is 5.92. The number of amides is 2. The average molecular weight is 373 g/mol. The summed E-state index contributed by atoms with van der Waals surface area (Å²) in [6.45, 7) is 3.69. The van der Waals surface area contributed by atoms with Crippen LogP contribution in [-0.2, 0) is 16.6 Å². The van der Waals surface area contributed by atoms with Crippen LogP contribution in [-0.4, -0.2) is 56.9 Å². The van der Waals surface area contributed by atoms with E-state index in [1.54, 1.807) is 4.90 Å². The van der Waals surface area contributed by atoms with Gasteiger partial charge in [0, 0.05) is 25.7 Å². The van der Waals surface area contributed by atoms with Crippen LogP contribution in [0.5, 0.6) is 0 Å². The number of aryl methyl sites for hydroxylation is 1. The highest BCUT2D eigenvalue weighted by atomic mass is 32.2. The Hall–Kier alpha value is -2.35. The van der Waals surface area contributed by atoms with Crippen molar-refractivity contribution in [3.8, 4) is 11.4 Å². The van der Waals surface area contributed by atoms with Gasteiger partial charge in [0.25, 0.3) is 0 Å². The van der Waals surface area contributed by atoms with Gasteiger partial charge in [-0.1, -0.05) is 41.6 Å². The number of hydrogen-bond acceptors (Lipinski definition) is 5. The van der Waals surface area contributed by atoms with Crippen LogP contribution in [0.2, 0.25) is 0 Å². The minimum atomic E-state index is -0.178. The Labute approximate surface area is 157 Å². The standard InChI is InChI=1S/C18H23N5O2S/c1-13-5-7-14(8-6-13)17-20-21-18(22(17)2)26-12-15(24)19-11-16(25)23-9-3-4-10-23/h5-8H,3-4,9-12H2,1-2H3,(H,19,24). The number of nitrogens with zero attached hydrogens (tertiary/aromatic N) is 4. The summed E-state index contributed by atoms with van der Waals surface area (Å²) < 4.78 is 1.87. The third-order valence-corrected chi connectivity index (χ3v) is 5.39. The summed E-state index contributed by atoms with van der Waals surface area (Å²) in [7, 11) is 1.88. The molecular formula is C18H23N5O2S. The second-order valence-corrected chi connectivity index (χ2v) is 7.33. The molecule has 138 valence electrons. The van der Waals surface area contributed by atoms with E-state index in [2.05, 4.69) is 15.5 Å². The Morgan fingerprint density at radius 2 is 1.85 bits per heavy atom. The highest BCUT2D eigenvalue weighted by Crippen LogP contribution is 2.22. The lowest BCUT2D eigenvalue weighted by Gasteiger charge is -2.15. The molecule has 2 amide bonds. The third kappa shape index (κ3) is 4.43. The van der Waals surface area contributed by atoms with Gasteiger partial charge in [-0.05, 0) is 19.8 Å². The minimum absolute atomic E-state index is 0.0128. The molecule has 2 heterocycles. The number of rotatable bonds is 6. The lowest BCUT2D eigenvalue weighted by Crippen LogP contribution is -2.39. The SMILES string of the molecule is Cc1ccc(-c2nnc(SCC(=O)NCC(=O)N3CCCC3)n2C)cc1. The van der Waals surface area contributed by atoms with Crippen molar-refractivity contribution >= 4 is 23.6 Å². The fourth-order valence-corrected chi connectivity index (χ4v) is 3.57. The van der Waals surface area contributed by atoms with E-state index in [9.17, 15) is 9.59 Å². The summed E-state index contributed by atoms with van der Waals surface area (Å²) in [5, 5.41) is 11.7. The van der Waals surface area contributed by atoms with Crippen molar-refractivity contribution in [1.82, 2.24) is 25.0 Å². The number of carbonyl (C=O) groups excluding carboxylic acids is 2. The van der Waals surface area contributed by atoms with Crippen molar-refractivity contribution in [2.24, 2.45) is 7.05 Å². The van der Waals surface area contributed by atoms with E-state index in [1.807, 2.05) is 42.8 Å². The zero-order valence-corrected chi connectivity index (χ0v) is 15.9. The Morgan fingerprint density at radius 1 is 1.15 bits per heavy atom. The van der Waals surface area contributed by atoms with Gasteiger partial charge in [-0.2, -0.15) is 0 Å². The zero-order chi connectivity index (χ0) is 18.5. The van der Waals surface area contributed by atoms with Crippen LogP contribution in [0.15, 0.2) is 29.4 Å². The smallest absolute Gasteiger partial charge is 0.241 e. The first-order valence-electron chi connectivity index (χ1n) is 8.68. The molecule has 8 heteroatoms. The molecule has 0 unspecified atom stereocenters. The van der Waals surface area contributed by atoms with Gasteiger partial charge in [0.15, 0.2) is 11.0 Å². The normalized spacial score (nSPS) is 13.8. The number of nitrogens with one attached hydrogen (secondary N) is 1. The lowest BCUT2D eigenvalue weighted by atomic mass is 10.1. The first kappa shape index (κ1) is 18.4. The summed E-state index contributed by atoms with van der Waals surface area (Å²) >= 11 is 1.31. The van der Waals surface area contributed by atoms with Gasteiger partial charge in [0.1, 0.15) is 0 Å². The van der Waals surface area contributed by atoms with Crippen molar-refractivity contribution in [3.05, 3.63) is 29.8 Å². The summed E-state index contributed by atoms with van der Waals surface area (Å²) in [5.41, 5.74) is 2.17. The topological polar surface area (TPSA) is 80.1 Å². The van der Waals surface area contributed by atoms with E-state index in [0.29, 0.717) is 5.16 Å². The number of likely N-dealkylation sites (tertiary alicyclic amines) is 1. The maximum atomic E-state index is 12.0. The molecule has 7 nitrogen and oxygen atoms in total. The monoisotopic (exact) mass is 373 g/mol. The molecule has 1 aromatic carbocycles. The molecule has 0 radical (unpaired) electrons. The maximum absolute atomic E-state index is 12.0. The summed E-state index contributed by atoms with van der Waals surface area (Å²) in [4.78, 5) is 25.7. The highest BCUT2D eigenvalue weighted by Gasteiger charge is 2.18. The first-order chi connectivity index (χ1) is 12.5. The number of hydrogen-bond donors (Lipinski definition) is 1. The van der Waals surface area contributed by atoms with Gasteiger partial charge >= 0.3 is 0 Å². The van der Waals surface area contributed by atoms with Gasteiger partial charge in [-0.15, -0.1) is 10.2 Å². The molecule has 1 aliphatic heterocycles. The molecule has 1 fully saturated rings. The van der Waals surface area contributed by atoms with E-state index in [1.165, 1.54) is 17.3 Å². The van der Waals surface area contributed by atoms with Gasteiger partial charge in [-0.3, -0.25) is 9.59 Å². The van der Waals surface area contributed by atoms with Crippen LogP contribution in [0.1, 0.15) is 18.4 Å². The van der Waals surface area contributed by atoms with Crippen molar-refractivity contribution in [2.75, 3.05) is 25.4 Å². The number of benzene rings is 1. The van der Waals surface area contributed by atoms with Crippen LogP contribution in [0.3, 0.4) is 0 Å². The van der Waals surface area contributed by atoms with E-state index in [-0.39, 0.29) is 24.1 Å². The molecule has 1 aromatic heterocycles. The Balaban J connectivity index is 1.50. The predicted molar refractivity (Wildman–Crippen MR) is 101 cm³/mol. The van der Waals surface area contributed by atoms with E-state index >= 15 is 0 Å². The van der Waals surface area contributed by atoms with Gasteiger partial charge in [0.2, 0.25) is 11.8 Å². The summed E-state index contributed by atoms with van der Waals surface area (Å²) in [5.74, 6) is 0.772. The quantitative estimate of drug-likeness (QED) is 0.779. The van der Waals surface area contributed by atoms with Crippen LogP contribution in [0, 0.1) is 6.92 Å². The molecule has 26 heavy (non-hydrogen) atoms. The second-order valence-electron chi connectivity index (χ2n) is 6.38. The molecule has 0 atom stereocenters. The summed E-state index contributed by atoms with van der Waals surface area (Å²) in [6.07, 6.45) is 2.09. The first-order valence-corrected chi connectivity index (χ1v) is 9.67. The maximum Gasteiger partial charge on any atom is 0.241 e.